The van der Waals surface area contributed by atoms with E-state index in [4.69, 9.17) is 9.97 Å². The van der Waals surface area contributed by atoms with Crippen molar-refractivity contribution in [2.45, 2.75) is 69.7 Å². The molecule has 0 N–H and O–H groups in total. The number of nitrogens with zero attached hydrogens (tertiary/aromatic N) is 3. The van der Waals surface area contributed by atoms with Gasteiger partial charge in [0.15, 0.2) is 0 Å². The van der Waals surface area contributed by atoms with Gasteiger partial charge in [-0.3, -0.25) is 4.79 Å². The van der Waals surface area contributed by atoms with Crippen LogP contribution < -0.4 is 0 Å². The van der Waals surface area contributed by atoms with Crippen molar-refractivity contribution < 1.29 is 4.79 Å². The predicted octanol–water partition coefficient (Wildman–Crippen LogP) is 5.04. The van der Waals surface area contributed by atoms with Crippen LogP contribution in [0.1, 0.15) is 68.1 Å². The third kappa shape index (κ3) is 3.70. The van der Waals surface area contributed by atoms with Crippen molar-refractivity contribution in [2.24, 2.45) is 11.8 Å². The first-order valence-electron chi connectivity index (χ1n) is 10.8. The summed E-state index contributed by atoms with van der Waals surface area (Å²) in [7, 11) is 0. The number of likely N-dealkylation sites (tertiary alicyclic amines) is 1. The second kappa shape index (κ2) is 7.60. The molecule has 0 bridgehead atoms. The highest BCUT2D eigenvalue weighted by molar-refractivity contribution is 8.00. The summed E-state index contributed by atoms with van der Waals surface area (Å²) in [5.41, 5.74) is 1.47. The van der Waals surface area contributed by atoms with Crippen molar-refractivity contribution in [3.63, 3.8) is 0 Å². The fraction of sp³-hybridized carbons (Fsp3) is 0.682. The quantitative estimate of drug-likeness (QED) is 0.518. The van der Waals surface area contributed by atoms with Crippen molar-refractivity contribution in [2.75, 3.05) is 18.8 Å². The standard InChI is InChI=1S/C22H29N3OS2/c1-13-5-8-16-17(10-13)28-22-19(16)21(23-20(24-22)15-6-7-15)27-12-18(26)25-9-3-4-14(2)11-25/h13-15H,3-12H2,1-2H3/t13-,14-/m0/s1. The number of aromatic nitrogens is 2. The minimum atomic E-state index is 0.272. The van der Waals surface area contributed by atoms with Crippen LogP contribution in [0.15, 0.2) is 5.03 Å². The Kier molecular flexibility index (Phi) is 5.12. The molecular weight excluding hydrogens is 386 g/mol. The second-order valence-electron chi connectivity index (χ2n) is 9.07. The maximum absolute atomic E-state index is 12.8. The monoisotopic (exact) mass is 415 g/mol. The Hall–Kier alpha value is -1.14. The topological polar surface area (TPSA) is 46.1 Å². The van der Waals surface area contributed by atoms with Crippen molar-refractivity contribution in [3.8, 4) is 0 Å². The lowest BCUT2D eigenvalue weighted by Gasteiger charge is -2.30. The lowest BCUT2D eigenvalue weighted by molar-refractivity contribution is -0.130. The Labute approximate surface area is 175 Å². The van der Waals surface area contributed by atoms with Gasteiger partial charge in [-0.15, -0.1) is 11.3 Å². The van der Waals surface area contributed by atoms with E-state index < -0.39 is 0 Å². The van der Waals surface area contributed by atoms with Crippen molar-refractivity contribution in [1.82, 2.24) is 14.9 Å². The molecule has 2 aliphatic carbocycles. The SMILES string of the molecule is C[C@H]1CCc2c(sc3nc(C4CC4)nc(SCC(=O)N4CCC[C@H](C)C4)c23)C1. The van der Waals surface area contributed by atoms with Crippen LogP contribution >= 0.6 is 23.1 Å². The van der Waals surface area contributed by atoms with Crippen LogP contribution in [0, 0.1) is 11.8 Å². The molecular formula is C22H29N3OS2. The molecule has 2 fully saturated rings. The molecule has 2 aromatic rings. The van der Waals surface area contributed by atoms with Crippen molar-refractivity contribution >= 4 is 39.2 Å². The number of fused-ring (bicyclic) bond motifs is 3. The summed E-state index contributed by atoms with van der Waals surface area (Å²) >= 11 is 3.53. The molecule has 3 heterocycles. The third-order valence-electron chi connectivity index (χ3n) is 6.42. The van der Waals surface area contributed by atoms with E-state index in [1.165, 1.54) is 47.9 Å². The number of aryl methyl sites for hydroxylation is 1. The first kappa shape index (κ1) is 18.9. The summed E-state index contributed by atoms with van der Waals surface area (Å²) < 4.78 is 0. The predicted molar refractivity (Wildman–Crippen MR) is 116 cm³/mol. The number of thiophene rings is 1. The number of thioether (sulfide) groups is 1. The zero-order chi connectivity index (χ0) is 19.3. The first-order chi connectivity index (χ1) is 13.6. The van der Waals surface area contributed by atoms with Gasteiger partial charge in [0.25, 0.3) is 0 Å². The molecule has 0 spiro atoms. The first-order valence-corrected chi connectivity index (χ1v) is 12.6. The van der Waals surface area contributed by atoms with Crippen LogP contribution in [-0.4, -0.2) is 39.6 Å². The van der Waals surface area contributed by atoms with Gasteiger partial charge in [0.05, 0.1) is 5.75 Å². The van der Waals surface area contributed by atoms with E-state index in [2.05, 4.69) is 18.7 Å². The summed E-state index contributed by atoms with van der Waals surface area (Å²) in [6, 6.07) is 0. The van der Waals surface area contributed by atoms with Crippen LogP contribution in [0.5, 0.6) is 0 Å². The third-order valence-corrected chi connectivity index (χ3v) is 8.53. The van der Waals surface area contributed by atoms with Gasteiger partial charge in [-0.2, -0.15) is 0 Å². The zero-order valence-corrected chi connectivity index (χ0v) is 18.5. The Bertz CT molecular complexity index is 905. The van der Waals surface area contributed by atoms with E-state index in [1.54, 1.807) is 11.8 Å². The lowest BCUT2D eigenvalue weighted by Crippen LogP contribution is -2.40. The Morgan fingerprint density at radius 3 is 2.82 bits per heavy atom. The molecule has 2 aromatic heterocycles. The summed E-state index contributed by atoms with van der Waals surface area (Å²) in [5.74, 6) is 3.72. The average Bonchev–Trinajstić information content (AvgIpc) is 3.46. The largest absolute Gasteiger partial charge is 0.342 e. The van der Waals surface area contributed by atoms with E-state index in [9.17, 15) is 4.79 Å². The number of rotatable bonds is 4. The number of carbonyl (C=O) groups is 1. The minimum absolute atomic E-state index is 0.272. The molecule has 5 rings (SSSR count). The number of piperidine rings is 1. The highest BCUT2D eigenvalue weighted by Crippen LogP contribution is 2.44. The van der Waals surface area contributed by atoms with Gasteiger partial charge >= 0.3 is 0 Å². The van der Waals surface area contributed by atoms with Crippen molar-refractivity contribution in [1.29, 1.82) is 0 Å². The Morgan fingerprint density at radius 2 is 2.04 bits per heavy atom. The molecule has 0 radical (unpaired) electrons. The summed E-state index contributed by atoms with van der Waals surface area (Å²) in [6.45, 7) is 6.43. The Balaban J connectivity index is 1.43. The smallest absolute Gasteiger partial charge is 0.232 e. The van der Waals surface area contributed by atoms with Gasteiger partial charge in [-0.1, -0.05) is 25.6 Å². The molecule has 1 saturated heterocycles. The molecule has 1 amide bonds. The minimum Gasteiger partial charge on any atom is -0.342 e. The maximum Gasteiger partial charge on any atom is 0.232 e. The van der Waals surface area contributed by atoms with E-state index in [0.717, 1.165) is 47.5 Å². The molecule has 1 saturated carbocycles. The van der Waals surface area contributed by atoms with E-state index in [-0.39, 0.29) is 5.91 Å². The normalized spacial score (nSPS) is 25.1. The summed E-state index contributed by atoms with van der Waals surface area (Å²) in [5, 5.41) is 2.33. The molecule has 4 nitrogen and oxygen atoms in total. The second-order valence-corrected chi connectivity index (χ2v) is 11.1. The summed E-state index contributed by atoms with van der Waals surface area (Å²) in [4.78, 5) is 27.5. The van der Waals surface area contributed by atoms with Crippen LogP contribution in [0.25, 0.3) is 10.2 Å². The van der Waals surface area contributed by atoms with Crippen LogP contribution in [0.4, 0.5) is 0 Å². The lowest BCUT2D eigenvalue weighted by atomic mass is 9.89. The van der Waals surface area contributed by atoms with Crippen LogP contribution in [0.3, 0.4) is 0 Å². The number of amides is 1. The van der Waals surface area contributed by atoms with Gasteiger partial charge < -0.3 is 4.90 Å². The van der Waals surface area contributed by atoms with Gasteiger partial charge in [0.2, 0.25) is 5.91 Å². The molecule has 0 unspecified atom stereocenters. The fourth-order valence-corrected chi connectivity index (χ4v) is 7.01. The van der Waals surface area contributed by atoms with Crippen LogP contribution in [-0.2, 0) is 17.6 Å². The Morgan fingerprint density at radius 1 is 1.18 bits per heavy atom. The van der Waals surface area contributed by atoms with E-state index in [1.807, 2.05) is 11.3 Å². The van der Waals surface area contributed by atoms with E-state index in [0.29, 0.717) is 17.6 Å². The van der Waals surface area contributed by atoms with Gasteiger partial charge in [0, 0.05) is 29.3 Å². The summed E-state index contributed by atoms with van der Waals surface area (Å²) in [6.07, 6.45) is 8.35. The molecule has 3 aliphatic rings. The highest BCUT2D eigenvalue weighted by Gasteiger charge is 2.30. The van der Waals surface area contributed by atoms with Crippen LogP contribution in [0.2, 0.25) is 0 Å². The molecule has 150 valence electrons. The average molecular weight is 416 g/mol. The maximum atomic E-state index is 12.8. The highest BCUT2D eigenvalue weighted by atomic mass is 32.2. The molecule has 6 heteroatoms. The number of hydrogen-bond acceptors (Lipinski definition) is 5. The molecule has 1 aliphatic heterocycles. The van der Waals surface area contributed by atoms with Gasteiger partial charge in [-0.05, 0) is 62.3 Å². The van der Waals surface area contributed by atoms with Crippen molar-refractivity contribution in [3.05, 3.63) is 16.3 Å². The zero-order valence-electron chi connectivity index (χ0n) is 16.9. The van der Waals surface area contributed by atoms with E-state index >= 15 is 0 Å². The molecule has 2 atom stereocenters. The fourth-order valence-electron chi connectivity index (χ4n) is 4.59. The van der Waals surface area contributed by atoms with Gasteiger partial charge in [0.1, 0.15) is 15.7 Å². The number of hydrogen-bond donors (Lipinski definition) is 0. The van der Waals surface area contributed by atoms with Gasteiger partial charge in [-0.25, -0.2) is 9.97 Å². The molecule has 0 aromatic carbocycles. The molecule has 28 heavy (non-hydrogen) atoms. The number of carbonyl (C=O) groups excluding carboxylic acids is 1.